The Kier molecular flexibility index (Phi) is 4.30. The molecule has 0 spiro atoms. The van der Waals surface area contributed by atoms with Crippen molar-refractivity contribution in [2.45, 2.75) is 24.2 Å². The Bertz CT molecular complexity index is 683. The van der Waals surface area contributed by atoms with Crippen LogP contribution in [-0.4, -0.2) is 49.2 Å². The van der Waals surface area contributed by atoms with Gasteiger partial charge in [-0.3, -0.25) is 19.3 Å². The van der Waals surface area contributed by atoms with Gasteiger partial charge in [-0.1, -0.05) is 35.0 Å². The van der Waals surface area contributed by atoms with Crippen molar-refractivity contribution in [1.82, 2.24) is 4.90 Å². The van der Waals surface area contributed by atoms with Crippen LogP contribution in [0, 0.1) is 5.92 Å². The van der Waals surface area contributed by atoms with E-state index in [-0.39, 0.29) is 11.1 Å². The van der Waals surface area contributed by atoms with E-state index in [4.69, 9.17) is 5.11 Å². The van der Waals surface area contributed by atoms with Crippen molar-refractivity contribution in [2.24, 2.45) is 5.92 Å². The number of fused-ring (bicyclic) bond motifs is 1. The lowest BCUT2D eigenvalue weighted by atomic mass is 9.82. The Labute approximate surface area is 140 Å². The van der Waals surface area contributed by atoms with E-state index in [0.29, 0.717) is 4.90 Å². The Morgan fingerprint density at radius 3 is 1.91 bits per heavy atom. The zero-order valence-corrected chi connectivity index (χ0v) is 13.9. The van der Waals surface area contributed by atoms with Gasteiger partial charge in [-0.2, -0.15) is 0 Å². The first kappa shape index (κ1) is 17.1. The number of hydrogen-bond acceptors (Lipinski definition) is 4. The molecule has 3 atom stereocenters. The summed E-state index contributed by atoms with van der Waals surface area (Å²) in [6.45, 7) is 2.55. The van der Waals surface area contributed by atoms with Gasteiger partial charge in [-0.05, 0) is 19.1 Å². The predicted molar refractivity (Wildman–Crippen MR) is 82.5 cm³/mol. The molecular weight excluding hydrogens is 370 g/mol. The maximum Gasteiger partial charge on any atom is 0.330 e. The highest BCUT2D eigenvalue weighted by Crippen LogP contribution is 2.37. The van der Waals surface area contributed by atoms with Gasteiger partial charge in [-0.25, -0.2) is 4.79 Å². The van der Waals surface area contributed by atoms with E-state index < -0.39 is 40.0 Å². The summed E-state index contributed by atoms with van der Waals surface area (Å²) in [6, 6.07) is 6.01. The number of nitrogens with zero attached hydrogens (tertiary/aromatic N) is 1. The van der Waals surface area contributed by atoms with Crippen LogP contribution in [0.5, 0.6) is 0 Å². The number of amides is 2. The first-order valence-corrected chi connectivity index (χ1v) is 7.63. The second-order valence-electron chi connectivity index (χ2n) is 5.47. The van der Waals surface area contributed by atoms with Crippen LogP contribution in [-0.2, 0) is 9.59 Å². The molecule has 0 aliphatic carbocycles. The Morgan fingerprint density at radius 1 is 1.13 bits per heavy atom. The minimum absolute atomic E-state index is 0.110. The number of carbonyl (C=O) groups excluding carboxylic acids is 2. The maximum atomic E-state index is 12.5. The third-order valence-corrected chi connectivity index (χ3v) is 5.44. The fraction of sp³-hybridized carbons (Fsp3) is 0.333. The molecule has 7 nitrogen and oxygen atoms in total. The Balaban J connectivity index is 2.56. The van der Waals surface area contributed by atoms with Crippen LogP contribution in [0.3, 0.4) is 0 Å². The fourth-order valence-corrected chi connectivity index (χ4v) is 3.12. The van der Waals surface area contributed by atoms with E-state index in [9.17, 15) is 24.3 Å². The third kappa shape index (κ3) is 2.42. The minimum atomic E-state index is -2.01. The highest BCUT2D eigenvalue weighted by Gasteiger charge is 2.56. The number of benzene rings is 1. The van der Waals surface area contributed by atoms with E-state index in [0.717, 1.165) is 0 Å². The normalized spacial score (nSPS) is 19.0. The first-order chi connectivity index (χ1) is 10.6. The predicted octanol–water partition coefficient (Wildman–Crippen LogP) is 1.61. The number of imide groups is 1. The topological polar surface area (TPSA) is 112 Å². The molecule has 2 rings (SSSR count). The number of aliphatic carboxylic acids is 2. The van der Waals surface area contributed by atoms with Crippen molar-refractivity contribution in [3.05, 3.63) is 35.4 Å². The lowest BCUT2D eigenvalue weighted by Crippen LogP contribution is -2.61. The fourth-order valence-electron chi connectivity index (χ4n) is 2.60. The lowest BCUT2D eigenvalue weighted by molar-refractivity contribution is -0.151. The van der Waals surface area contributed by atoms with Gasteiger partial charge in [0.15, 0.2) is 0 Å². The first-order valence-electron chi connectivity index (χ1n) is 6.72. The van der Waals surface area contributed by atoms with E-state index in [2.05, 4.69) is 15.9 Å². The van der Waals surface area contributed by atoms with E-state index in [1.807, 2.05) is 0 Å². The van der Waals surface area contributed by atoms with Crippen LogP contribution in [0.25, 0.3) is 0 Å². The standard InChI is InChI=1S/C15H14BrNO6/c1-7(10(16)13(20)21)15(2,14(22)23)17-11(18)8-5-3-4-6-9(8)12(17)19/h3-7,10H,1-2H3,(H,20,21)(H,22,23)/t7?,10?,15-/m1/s1. The van der Waals surface area contributed by atoms with Crippen molar-refractivity contribution in [1.29, 1.82) is 0 Å². The molecule has 2 unspecified atom stereocenters. The van der Waals surface area contributed by atoms with Gasteiger partial charge in [0.1, 0.15) is 10.4 Å². The highest BCUT2D eigenvalue weighted by molar-refractivity contribution is 9.10. The second-order valence-corrected chi connectivity index (χ2v) is 6.46. The summed E-state index contributed by atoms with van der Waals surface area (Å²) in [5.41, 5.74) is -1.79. The average Bonchev–Trinajstić information content (AvgIpc) is 2.77. The second kappa shape index (κ2) is 5.77. The zero-order chi connectivity index (χ0) is 17.5. The van der Waals surface area contributed by atoms with Crippen LogP contribution < -0.4 is 0 Å². The summed E-state index contributed by atoms with van der Waals surface area (Å²) in [5.74, 6) is -5.29. The molecule has 2 amide bonds. The van der Waals surface area contributed by atoms with Gasteiger partial charge in [0.05, 0.1) is 11.1 Å². The number of hydrogen-bond donors (Lipinski definition) is 2. The van der Waals surface area contributed by atoms with Crippen LogP contribution >= 0.6 is 15.9 Å². The van der Waals surface area contributed by atoms with E-state index in [1.54, 1.807) is 12.1 Å². The van der Waals surface area contributed by atoms with Crippen LogP contribution in [0.1, 0.15) is 34.6 Å². The smallest absolute Gasteiger partial charge is 0.330 e. The monoisotopic (exact) mass is 383 g/mol. The van der Waals surface area contributed by atoms with Crippen molar-refractivity contribution in [2.75, 3.05) is 0 Å². The third-order valence-electron chi connectivity index (χ3n) is 4.25. The minimum Gasteiger partial charge on any atom is -0.480 e. The van der Waals surface area contributed by atoms with E-state index in [1.165, 1.54) is 26.0 Å². The van der Waals surface area contributed by atoms with Crippen LogP contribution in [0.4, 0.5) is 0 Å². The summed E-state index contributed by atoms with van der Waals surface area (Å²) in [4.78, 5) is 47.5. The SMILES string of the molecule is CC(C(Br)C(=O)O)[C@](C)(C(=O)O)N1C(=O)c2ccccc2C1=O. The molecule has 1 aliphatic rings. The largest absolute Gasteiger partial charge is 0.480 e. The van der Waals surface area contributed by atoms with Crippen molar-refractivity contribution in [3.63, 3.8) is 0 Å². The number of rotatable bonds is 5. The molecule has 0 aromatic heterocycles. The molecule has 2 N–H and O–H groups in total. The number of carboxylic acids is 2. The molecule has 0 fully saturated rings. The molecular formula is C15H14BrNO6. The molecule has 0 bridgehead atoms. The number of carbonyl (C=O) groups is 4. The van der Waals surface area contributed by atoms with Gasteiger partial charge < -0.3 is 10.2 Å². The molecule has 1 aromatic carbocycles. The summed E-state index contributed by atoms with van der Waals surface area (Å²) in [6.07, 6.45) is 0. The summed E-state index contributed by atoms with van der Waals surface area (Å²) in [7, 11) is 0. The molecule has 0 radical (unpaired) electrons. The van der Waals surface area contributed by atoms with Gasteiger partial charge in [0, 0.05) is 5.92 Å². The average molecular weight is 384 g/mol. The zero-order valence-electron chi connectivity index (χ0n) is 12.3. The summed E-state index contributed by atoms with van der Waals surface area (Å²) in [5, 5.41) is 18.8. The van der Waals surface area contributed by atoms with Crippen LogP contribution in [0.2, 0.25) is 0 Å². The van der Waals surface area contributed by atoms with Gasteiger partial charge in [-0.15, -0.1) is 0 Å². The quantitative estimate of drug-likeness (QED) is 0.589. The van der Waals surface area contributed by atoms with Gasteiger partial charge in [0.2, 0.25) is 0 Å². The van der Waals surface area contributed by atoms with Crippen molar-refractivity contribution in [3.8, 4) is 0 Å². The molecule has 1 aromatic rings. The highest BCUT2D eigenvalue weighted by atomic mass is 79.9. The molecule has 1 heterocycles. The van der Waals surface area contributed by atoms with Gasteiger partial charge >= 0.3 is 11.9 Å². The molecule has 8 heteroatoms. The molecule has 0 saturated heterocycles. The van der Waals surface area contributed by atoms with Crippen LogP contribution in [0.15, 0.2) is 24.3 Å². The lowest BCUT2D eigenvalue weighted by Gasteiger charge is -2.39. The van der Waals surface area contributed by atoms with Crippen molar-refractivity contribution < 1.29 is 29.4 Å². The number of alkyl halides is 1. The van der Waals surface area contributed by atoms with E-state index >= 15 is 0 Å². The summed E-state index contributed by atoms with van der Waals surface area (Å²) >= 11 is 2.92. The molecule has 0 saturated carbocycles. The summed E-state index contributed by atoms with van der Waals surface area (Å²) < 4.78 is 0. The Hall–Kier alpha value is -2.22. The van der Waals surface area contributed by atoms with Gasteiger partial charge in [0.25, 0.3) is 11.8 Å². The molecule has 1 aliphatic heterocycles. The van der Waals surface area contributed by atoms with Crippen molar-refractivity contribution >= 4 is 39.7 Å². The molecule has 122 valence electrons. The molecule has 23 heavy (non-hydrogen) atoms. The number of carboxylic acid groups (broad SMARTS) is 2. The maximum absolute atomic E-state index is 12.5. The number of halogens is 1. The Morgan fingerprint density at radius 2 is 1.57 bits per heavy atom.